The standard InChI is InChI=1S/C15H21BrN2O2/c1-3-17-7-8-18(11(2)10-17)14(15(19)20)12-5-4-6-13(16)9-12/h4-6,9,11,14H,3,7-8,10H2,1-2H3,(H,19,20). The van der Waals surface area contributed by atoms with Crippen molar-refractivity contribution in [3.63, 3.8) is 0 Å². The summed E-state index contributed by atoms with van der Waals surface area (Å²) < 4.78 is 0.918. The van der Waals surface area contributed by atoms with Gasteiger partial charge in [0, 0.05) is 30.1 Å². The van der Waals surface area contributed by atoms with Crippen molar-refractivity contribution in [2.45, 2.75) is 25.9 Å². The minimum absolute atomic E-state index is 0.240. The highest BCUT2D eigenvalue weighted by atomic mass is 79.9. The highest BCUT2D eigenvalue weighted by molar-refractivity contribution is 9.10. The van der Waals surface area contributed by atoms with Gasteiger partial charge in [0.05, 0.1) is 0 Å². The Morgan fingerprint density at radius 2 is 2.25 bits per heavy atom. The van der Waals surface area contributed by atoms with E-state index < -0.39 is 12.0 Å². The van der Waals surface area contributed by atoms with Gasteiger partial charge in [-0.2, -0.15) is 0 Å². The second kappa shape index (κ2) is 6.70. The van der Waals surface area contributed by atoms with Gasteiger partial charge in [0.1, 0.15) is 6.04 Å². The fourth-order valence-electron chi connectivity index (χ4n) is 2.87. The van der Waals surface area contributed by atoms with Crippen LogP contribution in [0.4, 0.5) is 0 Å². The molecule has 1 aliphatic heterocycles. The third kappa shape index (κ3) is 3.40. The van der Waals surface area contributed by atoms with Gasteiger partial charge in [-0.1, -0.05) is 35.0 Å². The van der Waals surface area contributed by atoms with E-state index in [2.05, 4.69) is 39.6 Å². The Hall–Kier alpha value is -0.910. The second-order valence-electron chi connectivity index (χ2n) is 5.28. The van der Waals surface area contributed by atoms with E-state index in [9.17, 15) is 9.90 Å². The lowest BCUT2D eigenvalue weighted by Gasteiger charge is -2.42. The number of rotatable bonds is 4. The maximum atomic E-state index is 11.7. The Kier molecular flexibility index (Phi) is 5.18. The molecule has 1 heterocycles. The van der Waals surface area contributed by atoms with Gasteiger partial charge in [-0.15, -0.1) is 0 Å². The Balaban J connectivity index is 2.23. The second-order valence-corrected chi connectivity index (χ2v) is 6.19. The Bertz CT molecular complexity index is 481. The quantitative estimate of drug-likeness (QED) is 0.914. The molecule has 0 amide bonds. The van der Waals surface area contributed by atoms with E-state index >= 15 is 0 Å². The molecule has 1 saturated heterocycles. The SMILES string of the molecule is CCN1CCN(C(C(=O)O)c2cccc(Br)c2)C(C)C1. The number of carbonyl (C=O) groups is 1. The highest BCUT2D eigenvalue weighted by Crippen LogP contribution is 2.27. The van der Waals surface area contributed by atoms with Crippen LogP contribution in [0.2, 0.25) is 0 Å². The molecule has 5 heteroatoms. The fourth-order valence-corrected chi connectivity index (χ4v) is 3.29. The Morgan fingerprint density at radius 3 is 2.80 bits per heavy atom. The van der Waals surface area contributed by atoms with Crippen molar-refractivity contribution in [1.29, 1.82) is 0 Å². The lowest BCUT2D eigenvalue weighted by molar-refractivity contribution is -0.145. The maximum Gasteiger partial charge on any atom is 0.325 e. The molecule has 1 fully saturated rings. The third-order valence-electron chi connectivity index (χ3n) is 3.94. The van der Waals surface area contributed by atoms with Crippen LogP contribution in [0.15, 0.2) is 28.7 Å². The molecule has 1 N–H and O–H groups in total. The van der Waals surface area contributed by atoms with Crippen LogP contribution in [0.5, 0.6) is 0 Å². The molecule has 0 aliphatic carbocycles. The van der Waals surface area contributed by atoms with Gasteiger partial charge in [-0.05, 0) is 31.2 Å². The molecule has 2 atom stereocenters. The van der Waals surface area contributed by atoms with Crippen molar-refractivity contribution in [2.24, 2.45) is 0 Å². The largest absolute Gasteiger partial charge is 0.480 e. The summed E-state index contributed by atoms with van der Waals surface area (Å²) in [5.74, 6) is -0.778. The number of carboxylic acids is 1. The molecule has 1 aliphatic rings. The van der Waals surface area contributed by atoms with Crippen LogP contribution < -0.4 is 0 Å². The summed E-state index contributed by atoms with van der Waals surface area (Å²) in [5.41, 5.74) is 0.837. The average Bonchev–Trinajstić information content (AvgIpc) is 2.40. The molecular weight excluding hydrogens is 320 g/mol. The zero-order valence-corrected chi connectivity index (χ0v) is 13.5. The number of nitrogens with zero attached hydrogens (tertiary/aromatic N) is 2. The smallest absolute Gasteiger partial charge is 0.325 e. The molecule has 2 unspecified atom stereocenters. The van der Waals surface area contributed by atoms with E-state index in [0.29, 0.717) is 0 Å². The first-order valence-corrected chi connectivity index (χ1v) is 7.78. The molecule has 2 rings (SSSR count). The van der Waals surface area contributed by atoms with Gasteiger partial charge in [0.15, 0.2) is 0 Å². The predicted molar refractivity (Wildman–Crippen MR) is 82.8 cm³/mol. The van der Waals surface area contributed by atoms with Crippen molar-refractivity contribution >= 4 is 21.9 Å². The predicted octanol–water partition coefficient (Wildman–Crippen LogP) is 2.60. The van der Waals surface area contributed by atoms with Gasteiger partial charge in [0.2, 0.25) is 0 Å². The van der Waals surface area contributed by atoms with Gasteiger partial charge in [-0.3, -0.25) is 9.69 Å². The first-order chi connectivity index (χ1) is 9.52. The monoisotopic (exact) mass is 340 g/mol. The van der Waals surface area contributed by atoms with Crippen LogP contribution >= 0.6 is 15.9 Å². The topological polar surface area (TPSA) is 43.8 Å². The summed E-state index contributed by atoms with van der Waals surface area (Å²) in [6.45, 7) is 7.92. The molecule has 0 bridgehead atoms. The number of likely N-dealkylation sites (N-methyl/N-ethyl adjacent to an activating group) is 1. The normalized spacial score (nSPS) is 22.6. The zero-order valence-electron chi connectivity index (χ0n) is 11.9. The number of benzene rings is 1. The number of carboxylic acid groups (broad SMARTS) is 1. The van der Waals surface area contributed by atoms with Crippen molar-refractivity contribution in [1.82, 2.24) is 9.80 Å². The highest BCUT2D eigenvalue weighted by Gasteiger charge is 2.34. The molecule has 0 radical (unpaired) electrons. The number of hydrogen-bond acceptors (Lipinski definition) is 3. The van der Waals surface area contributed by atoms with Crippen LogP contribution in [0.3, 0.4) is 0 Å². The van der Waals surface area contributed by atoms with Crippen molar-refractivity contribution in [3.05, 3.63) is 34.3 Å². The fraction of sp³-hybridized carbons (Fsp3) is 0.533. The molecule has 0 spiro atoms. The van der Waals surface area contributed by atoms with E-state index in [1.54, 1.807) is 0 Å². The van der Waals surface area contributed by atoms with Crippen LogP contribution in [-0.4, -0.2) is 53.1 Å². The summed E-state index contributed by atoms with van der Waals surface area (Å²) in [5, 5.41) is 9.64. The number of piperazine rings is 1. The minimum atomic E-state index is -0.778. The molecule has 0 aromatic heterocycles. The van der Waals surface area contributed by atoms with Crippen LogP contribution in [0, 0.1) is 0 Å². The Labute approximate surface area is 128 Å². The number of halogens is 1. The van der Waals surface area contributed by atoms with E-state index in [4.69, 9.17) is 0 Å². The molecule has 1 aromatic carbocycles. The summed E-state index contributed by atoms with van der Waals surface area (Å²) >= 11 is 3.42. The average molecular weight is 341 g/mol. The lowest BCUT2D eigenvalue weighted by Crippen LogP contribution is -2.54. The van der Waals surface area contributed by atoms with E-state index in [1.807, 2.05) is 24.3 Å². The van der Waals surface area contributed by atoms with E-state index in [0.717, 1.165) is 36.2 Å². The van der Waals surface area contributed by atoms with Crippen molar-refractivity contribution in [2.75, 3.05) is 26.2 Å². The minimum Gasteiger partial charge on any atom is -0.480 e. The summed E-state index contributed by atoms with van der Waals surface area (Å²) in [7, 11) is 0. The van der Waals surface area contributed by atoms with Crippen molar-refractivity contribution in [3.8, 4) is 0 Å². The molecule has 1 aromatic rings. The number of hydrogen-bond donors (Lipinski definition) is 1. The zero-order chi connectivity index (χ0) is 14.7. The van der Waals surface area contributed by atoms with Gasteiger partial charge in [0.25, 0.3) is 0 Å². The van der Waals surface area contributed by atoms with E-state index in [1.165, 1.54) is 0 Å². The van der Waals surface area contributed by atoms with Gasteiger partial charge < -0.3 is 10.0 Å². The lowest BCUT2D eigenvalue weighted by atomic mass is 10.0. The van der Waals surface area contributed by atoms with Crippen LogP contribution in [-0.2, 0) is 4.79 Å². The first-order valence-electron chi connectivity index (χ1n) is 6.99. The molecule has 0 saturated carbocycles. The maximum absolute atomic E-state index is 11.7. The molecule has 4 nitrogen and oxygen atoms in total. The summed E-state index contributed by atoms with van der Waals surface area (Å²) in [6.07, 6.45) is 0. The van der Waals surface area contributed by atoms with Gasteiger partial charge >= 0.3 is 5.97 Å². The van der Waals surface area contributed by atoms with Crippen molar-refractivity contribution < 1.29 is 9.90 Å². The first kappa shape index (κ1) is 15.5. The van der Waals surface area contributed by atoms with E-state index in [-0.39, 0.29) is 6.04 Å². The summed E-state index contributed by atoms with van der Waals surface area (Å²) in [6, 6.07) is 7.27. The number of aliphatic carboxylic acids is 1. The Morgan fingerprint density at radius 1 is 1.50 bits per heavy atom. The molecular formula is C15H21BrN2O2. The van der Waals surface area contributed by atoms with Crippen LogP contribution in [0.1, 0.15) is 25.5 Å². The molecule has 20 heavy (non-hydrogen) atoms. The third-order valence-corrected chi connectivity index (χ3v) is 4.43. The van der Waals surface area contributed by atoms with Gasteiger partial charge in [-0.25, -0.2) is 0 Å². The van der Waals surface area contributed by atoms with Crippen LogP contribution in [0.25, 0.3) is 0 Å². The summed E-state index contributed by atoms with van der Waals surface area (Å²) in [4.78, 5) is 16.2. The molecule has 110 valence electrons.